The van der Waals surface area contributed by atoms with Crippen LogP contribution in [0.2, 0.25) is 0 Å². The molecule has 6 nitrogen and oxygen atoms in total. The van der Waals surface area contributed by atoms with Crippen molar-refractivity contribution in [2.75, 3.05) is 0 Å². The maximum atomic E-state index is 13.0. The van der Waals surface area contributed by atoms with Gasteiger partial charge < -0.3 is 10.3 Å². The number of nitrogens with one attached hydrogen (secondary N) is 2. The number of H-pyrrole nitrogens is 1. The molecule has 4 rings (SSSR count). The predicted molar refractivity (Wildman–Crippen MR) is 125 cm³/mol. The van der Waals surface area contributed by atoms with Gasteiger partial charge in [-0.3, -0.25) is 14.6 Å². The minimum absolute atomic E-state index is 0.00463. The fourth-order valence-corrected chi connectivity index (χ4v) is 4.57. The smallest absolute Gasteiger partial charge is 0.255 e. The van der Waals surface area contributed by atoms with Crippen molar-refractivity contribution in [1.82, 2.24) is 20.3 Å². The van der Waals surface area contributed by atoms with E-state index in [0.29, 0.717) is 28.7 Å². The SMILES string of the molecule is Cc1nc(-c2ccccn2)[nH]c(=O)c1CC(=O)N[C@H](CC1CCCCC1)c1ccccc1. The lowest BCUT2D eigenvalue weighted by atomic mass is 9.83. The Morgan fingerprint density at radius 2 is 1.84 bits per heavy atom. The molecule has 0 radical (unpaired) electrons. The zero-order valence-corrected chi connectivity index (χ0v) is 18.5. The second kappa shape index (κ2) is 10.4. The Kier molecular flexibility index (Phi) is 7.10. The molecule has 0 spiro atoms. The molecule has 0 saturated heterocycles. The van der Waals surface area contributed by atoms with Gasteiger partial charge in [0.2, 0.25) is 5.91 Å². The van der Waals surface area contributed by atoms with Crippen molar-refractivity contribution >= 4 is 5.91 Å². The Balaban J connectivity index is 1.49. The average molecular weight is 431 g/mol. The zero-order chi connectivity index (χ0) is 22.3. The Morgan fingerprint density at radius 3 is 2.53 bits per heavy atom. The summed E-state index contributed by atoms with van der Waals surface area (Å²) in [7, 11) is 0. The summed E-state index contributed by atoms with van der Waals surface area (Å²) >= 11 is 0. The summed E-state index contributed by atoms with van der Waals surface area (Å²) in [6.07, 6.45) is 8.87. The first-order valence-electron chi connectivity index (χ1n) is 11.5. The first-order valence-corrected chi connectivity index (χ1v) is 11.5. The van der Waals surface area contributed by atoms with E-state index < -0.39 is 0 Å². The van der Waals surface area contributed by atoms with Gasteiger partial charge in [0, 0.05) is 17.5 Å². The lowest BCUT2D eigenvalue weighted by molar-refractivity contribution is -0.121. The average Bonchev–Trinajstić information content (AvgIpc) is 2.83. The van der Waals surface area contributed by atoms with Gasteiger partial charge in [0.05, 0.1) is 12.5 Å². The van der Waals surface area contributed by atoms with E-state index in [9.17, 15) is 9.59 Å². The van der Waals surface area contributed by atoms with E-state index in [1.807, 2.05) is 30.3 Å². The lowest BCUT2D eigenvalue weighted by Gasteiger charge is -2.27. The second-order valence-electron chi connectivity index (χ2n) is 8.64. The van der Waals surface area contributed by atoms with E-state index in [0.717, 1.165) is 12.0 Å². The van der Waals surface area contributed by atoms with E-state index in [1.54, 1.807) is 19.2 Å². The highest BCUT2D eigenvalue weighted by molar-refractivity contribution is 5.79. The standard InChI is InChI=1S/C26H30N4O2/c1-18-21(26(32)30-25(28-18)22-14-8-9-15-27-22)17-24(31)29-23(20-12-6-3-7-13-20)16-19-10-4-2-5-11-19/h3,6-9,12-15,19,23H,2,4-5,10-11,16-17H2,1H3,(H,29,31)(H,28,30,32)/t23-/m1/s1. The van der Waals surface area contributed by atoms with Crippen LogP contribution in [0.1, 0.15) is 61.4 Å². The molecule has 0 bridgehead atoms. The molecular formula is C26H30N4O2. The van der Waals surface area contributed by atoms with Crippen LogP contribution in [0.5, 0.6) is 0 Å². The van der Waals surface area contributed by atoms with Crippen LogP contribution >= 0.6 is 0 Å². The van der Waals surface area contributed by atoms with Gasteiger partial charge in [-0.05, 0) is 37.0 Å². The molecule has 2 aromatic heterocycles. The van der Waals surface area contributed by atoms with Crippen LogP contribution in [-0.4, -0.2) is 20.9 Å². The molecule has 166 valence electrons. The third-order valence-electron chi connectivity index (χ3n) is 6.30. The minimum Gasteiger partial charge on any atom is -0.349 e. The van der Waals surface area contributed by atoms with Crippen LogP contribution < -0.4 is 10.9 Å². The summed E-state index contributed by atoms with van der Waals surface area (Å²) in [4.78, 5) is 37.2. The van der Waals surface area contributed by atoms with E-state index in [-0.39, 0.29) is 23.9 Å². The van der Waals surface area contributed by atoms with Crippen LogP contribution in [-0.2, 0) is 11.2 Å². The molecule has 1 amide bonds. The van der Waals surface area contributed by atoms with Crippen LogP contribution in [0, 0.1) is 12.8 Å². The molecule has 1 aromatic carbocycles. The molecule has 1 saturated carbocycles. The van der Waals surface area contributed by atoms with Crippen molar-refractivity contribution in [3.05, 3.63) is 81.9 Å². The number of aromatic nitrogens is 3. The number of hydrogen-bond donors (Lipinski definition) is 2. The number of amides is 1. The molecular weight excluding hydrogens is 400 g/mol. The Bertz CT molecular complexity index is 1090. The Morgan fingerprint density at radius 1 is 1.09 bits per heavy atom. The molecule has 1 atom stereocenters. The van der Waals surface area contributed by atoms with Crippen molar-refractivity contribution in [3.63, 3.8) is 0 Å². The van der Waals surface area contributed by atoms with Gasteiger partial charge in [0.25, 0.3) is 5.56 Å². The number of hydrogen-bond acceptors (Lipinski definition) is 4. The number of carbonyl (C=O) groups excluding carboxylic acids is 1. The van der Waals surface area contributed by atoms with Crippen molar-refractivity contribution in [2.24, 2.45) is 5.92 Å². The van der Waals surface area contributed by atoms with Crippen molar-refractivity contribution in [2.45, 2.75) is 57.9 Å². The van der Waals surface area contributed by atoms with E-state index in [4.69, 9.17) is 0 Å². The molecule has 3 aromatic rings. The van der Waals surface area contributed by atoms with Gasteiger partial charge in [-0.15, -0.1) is 0 Å². The molecule has 6 heteroatoms. The van der Waals surface area contributed by atoms with E-state index >= 15 is 0 Å². The third kappa shape index (κ3) is 5.49. The third-order valence-corrected chi connectivity index (χ3v) is 6.30. The summed E-state index contributed by atoms with van der Waals surface area (Å²) in [5.74, 6) is 0.881. The normalized spacial score (nSPS) is 15.3. The predicted octanol–water partition coefficient (Wildman–Crippen LogP) is 4.51. The maximum Gasteiger partial charge on any atom is 0.255 e. The zero-order valence-electron chi connectivity index (χ0n) is 18.5. The van der Waals surface area contributed by atoms with Gasteiger partial charge in [-0.1, -0.05) is 68.5 Å². The monoisotopic (exact) mass is 430 g/mol. The van der Waals surface area contributed by atoms with Crippen molar-refractivity contribution in [3.8, 4) is 11.5 Å². The molecule has 0 unspecified atom stereocenters. The van der Waals surface area contributed by atoms with Gasteiger partial charge >= 0.3 is 0 Å². The Labute approximate surface area is 188 Å². The number of rotatable bonds is 7. The number of benzene rings is 1. The molecule has 2 heterocycles. The van der Waals surface area contributed by atoms with Gasteiger partial charge in [-0.25, -0.2) is 4.98 Å². The lowest BCUT2D eigenvalue weighted by Crippen LogP contribution is -2.33. The van der Waals surface area contributed by atoms with E-state index in [1.165, 1.54) is 32.1 Å². The fourth-order valence-electron chi connectivity index (χ4n) is 4.57. The summed E-state index contributed by atoms with van der Waals surface area (Å²) in [6, 6.07) is 15.5. The Hall–Kier alpha value is -3.28. The number of pyridine rings is 1. The first-order chi connectivity index (χ1) is 15.6. The molecule has 1 aliphatic carbocycles. The maximum absolute atomic E-state index is 13.0. The van der Waals surface area contributed by atoms with Gasteiger partial charge in [-0.2, -0.15) is 0 Å². The molecule has 1 fully saturated rings. The molecule has 32 heavy (non-hydrogen) atoms. The first kappa shape index (κ1) is 21.9. The fraction of sp³-hybridized carbons (Fsp3) is 0.385. The van der Waals surface area contributed by atoms with Gasteiger partial charge in [0.15, 0.2) is 5.82 Å². The summed E-state index contributed by atoms with van der Waals surface area (Å²) in [5, 5.41) is 3.20. The highest BCUT2D eigenvalue weighted by atomic mass is 16.2. The summed E-state index contributed by atoms with van der Waals surface area (Å²) < 4.78 is 0. The molecule has 2 N–H and O–H groups in total. The molecule has 0 aliphatic heterocycles. The quantitative estimate of drug-likeness (QED) is 0.577. The number of carbonyl (C=O) groups is 1. The van der Waals surface area contributed by atoms with Crippen LogP contribution in [0.15, 0.2) is 59.5 Å². The van der Waals surface area contributed by atoms with Crippen LogP contribution in [0.3, 0.4) is 0 Å². The summed E-state index contributed by atoms with van der Waals surface area (Å²) in [6.45, 7) is 1.76. The van der Waals surface area contributed by atoms with Crippen LogP contribution in [0.25, 0.3) is 11.5 Å². The highest BCUT2D eigenvalue weighted by Crippen LogP contribution is 2.32. The van der Waals surface area contributed by atoms with Crippen LogP contribution in [0.4, 0.5) is 0 Å². The number of nitrogens with zero attached hydrogens (tertiary/aromatic N) is 2. The summed E-state index contributed by atoms with van der Waals surface area (Å²) in [5.41, 5.74) is 2.36. The highest BCUT2D eigenvalue weighted by Gasteiger charge is 2.23. The van der Waals surface area contributed by atoms with Crippen molar-refractivity contribution in [1.29, 1.82) is 0 Å². The second-order valence-corrected chi connectivity index (χ2v) is 8.64. The number of aromatic amines is 1. The number of aryl methyl sites for hydroxylation is 1. The largest absolute Gasteiger partial charge is 0.349 e. The van der Waals surface area contributed by atoms with Gasteiger partial charge in [0.1, 0.15) is 5.69 Å². The van der Waals surface area contributed by atoms with Crippen molar-refractivity contribution < 1.29 is 4.79 Å². The minimum atomic E-state index is -0.295. The topological polar surface area (TPSA) is 87.7 Å². The van der Waals surface area contributed by atoms with E-state index in [2.05, 4.69) is 32.4 Å². The molecule has 1 aliphatic rings.